The van der Waals surface area contributed by atoms with Gasteiger partial charge in [-0.2, -0.15) is 9.29 Å². The van der Waals surface area contributed by atoms with Gasteiger partial charge in [0.25, 0.3) is 0 Å². The Hall–Kier alpha value is -3.69. The lowest BCUT2D eigenvalue weighted by atomic mass is 9.83. The molecule has 2 aliphatic rings. The lowest BCUT2D eigenvalue weighted by molar-refractivity contribution is -0.184. The second kappa shape index (κ2) is 36.4. The number of allylic oxidation sites excluding steroid dienone is 6. The van der Waals surface area contributed by atoms with Crippen molar-refractivity contribution in [2.75, 3.05) is 25.6 Å². The van der Waals surface area contributed by atoms with Crippen LogP contribution < -0.4 is 11.4 Å². The molecule has 75 heavy (non-hydrogen) atoms. The molecule has 1 aromatic heterocycles. The number of nitrogens with two attached hydrogens (primary N) is 1. The minimum absolute atomic E-state index is 0.00663. The van der Waals surface area contributed by atoms with Crippen molar-refractivity contribution in [2.24, 2.45) is 11.8 Å². The lowest BCUT2D eigenvalue weighted by Crippen LogP contribution is -2.51. The summed E-state index contributed by atoms with van der Waals surface area (Å²) in [6, 6.07) is 1.23. The van der Waals surface area contributed by atoms with E-state index in [2.05, 4.69) is 52.7 Å². The Kier molecular flexibility index (Phi) is 31.8. The molecule has 1 aromatic rings. The van der Waals surface area contributed by atoms with Crippen molar-refractivity contribution in [1.29, 1.82) is 0 Å². The molecule has 2 bridgehead atoms. The van der Waals surface area contributed by atoms with E-state index in [1.807, 2.05) is 6.92 Å². The molecule has 3 heterocycles. The van der Waals surface area contributed by atoms with Crippen LogP contribution in [-0.2, 0) is 51.1 Å². The van der Waals surface area contributed by atoms with Crippen LogP contribution in [0.4, 0.5) is 5.82 Å². The molecule has 21 nitrogen and oxygen atoms in total. The molecule has 2 aliphatic heterocycles. The zero-order valence-corrected chi connectivity index (χ0v) is 45.6. The van der Waals surface area contributed by atoms with Gasteiger partial charge in [-0.3, -0.25) is 28.0 Å². The van der Waals surface area contributed by atoms with Crippen LogP contribution in [0.25, 0.3) is 0 Å². The molecule has 0 saturated carbocycles. The predicted molar refractivity (Wildman–Crippen MR) is 280 cm³/mol. The van der Waals surface area contributed by atoms with E-state index in [0.29, 0.717) is 51.4 Å². The largest absolute Gasteiger partial charge is 0.481 e. The number of ether oxygens (including phenoxy) is 3. The zero-order valence-electron chi connectivity index (χ0n) is 43.8. The number of aromatic nitrogens is 2. The van der Waals surface area contributed by atoms with Crippen molar-refractivity contribution < 1.29 is 81.3 Å². The molecular weight excluding hydrogens is 1020 g/mol. The summed E-state index contributed by atoms with van der Waals surface area (Å²) < 4.78 is 59.0. The number of phosphoric acid groups is 2. The van der Waals surface area contributed by atoms with Gasteiger partial charge in [0.1, 0.15) is 36.6 Å². The summed E-state index contributed by atoms with van der Waals surface area (Å²) >= 11 is 0. The van der Waals surface area contributed by atoms with Gasteiger partial charge in [0, 0.05) is 31.4 Å². The fraction of sp³-hybridized carbons (Fsp3) is 0.712. The van der Waals surface area contributed by atoms with E-state index in [1.165, 1.54) is 37.5 Å². The van der Waals surface area contributed by atoms with Crippen molar-refractivity contribution in [2.45, 2.75) is 204 Å². The smallest absolute Gasteiger partial charge is 0.462 e. The number of unbranched alkanes of at least 4 members (excludes halogenated alkanes) is 9. The molecule has 23 heteroatoms. The summed E-state index contributed by atoms with van der Waals surface area (Å²) in [6.45, 7) is 1.43. The number of anilines is 1. The number of esters is 2. The first kappa shape index (κ1) is 65.6. The van der Waals surface area contributed by atoms with Crippen molar-refractivity contribution in [1.82, 2.24) is 9.55 Å². The second-order valence-electron chi connectivity index (χ2n) is 19.2. The van der Waals surface area contributed by atoms with Crippen LogP contribution in [0, 0.1) is 11.8 Å². The van der Waals surface area contributed by atoms with Crippen LogP contribution in [-0.4, -0.2) is 114 Å². The van der Waals surface area contributed by atoms with Crippen LogP contribution in [0.2, 0.25) is 0 Å². The molecule has 2 unspecified atom stereocenters. The van der Waals surface area contributed by atoms with Gasteiger partial charge in [0.15, 0.2) is 6.10 Å². The Bertz CT molecular complexity index is 2120. The average molecular weight is 1100 g/mol. The molecule has 426 valence electrons. The Morgan fingerprint density at radius 1 is 0.827 bits per heavy atom. The van der Waals surface area contributed by atoms with E-state index >= 15 is 0 Å². The third-order valence-electron chi connectivity index (χ3n) is 12.8. The standard InChI is InChI=1S/C52H85N3O18P2/c1-3-5-7-8-9-10-11-12-13-14-15-16-17-18-19-20-26-30-48(60)71-40-36-68-47(59)29-25-22-21-24-28-42-44(58)35-43(57)41(32-31-39(56)27-23-6-4-2)49(61)50(62)45(38-70-75(66,67)73-74(64,65)69-37-40)72-51(42)55-34-33-46(53)54-52(55)63/h9-10,12-13,15-16,31-34,39-43,45,49-51,56-57,61-62H,3-8,11,14,17-30,35-38H2,1-2H3,(H,64,65)(H,66,67)(H2,53,54,63)/b10-9-,13-12-,16-15-,32-31+/t39-,40+,41-,42-,43+,45+,49-,50+,51+/m0/s1. The minimum atomic E-state index is -5.72. The Morgan fingerprint density at radius 2 is 1.45 bits per heavy atom. The van der Waals surface area contributed by atoms with E-state index in [4.69, 9.17) is 29.0 Å². The summed E-state index contributed by atoms with van der Waals surface area (Å²) in [5.41, 5.74) is 4.75. The van der Waals surface area contributed by atoms with Crippen molar-refractivity contribution >= 4 is 39.2 Å². The molecule has 2 saturated heterocycles. The van der Waals surface area contributed by atoms with E-state index in [1.54, 1.807) is 0 Å². The number of carbonyl (C=O) groups is 3. The van der Waals surface area contributed by atoms with Gasteiger partial charge in [-0.25, -0.2) is 13.9 Å². The first-order valence-electron chi connectivity index (χ1n) is 26.8. The number of hydrogen-bond donors (Lipinski definition) is 7. The number of carbonyl (C=O) groups excluding carboxylic acids is 3. The van der Waals surface area contributed by atoms with E-state index < -0.39 is 120 Å². The predicted octanol–water partition coefficient (Wildman–Crippen LogP) is 7.92. The molecule has 8 N–H and O–H groups in total. The Morgan fingerprint density at radius 3 is 2.13 bits per heavy atom. The fourth-order valence-electron chi connectivity index (χ4n) is 8.50. The average Bonchev–Trinajstić information content (AvgIpc) is 3.35. The maximum Gasteiger partial charge on any atom is 0.481 e. The van der Waals surface area contributed by atoms with Gasteiger partial charge in [0.2, 0.25) is 0 Å². The summed E-state index contributed by atoms with van der Waals surface area (Å²) in [5, 5.41) is 45.6. The number of ketones is 1. The lowest BCUT2D eigenvalue weighted by Gasteiger charge is -2.38. The maximum atomic E-state index is 14.3. The highest BCUT2D eigenvalue weighted by molar-refractivity contribution is 7.61. The first-order valence-corrected chi connectivity index (χ1v) is 29.7. The van der Waals surface area contributed by atoms with Gasteiger partial charge in [-0.15, -0.1) is 0 Å². The van der Waals surface area contributed by atoms with Crippen molar-refractivity contribution in [3.05, 3.63) is 71.4 Å². The van der Waals surface area contributed by atoms with Crippen LogP contribution in [0.1, 0.15) is 168 Å². The minimum Gasteiger partial charge on any atom is -0.462 e. The normalized spacial score (nSPS) is 29.2. The summed E-state index contributed by atoms with van der Waals surface area (Å²) in [7, 11) is -11.3. The van der Waals surface area contributed by atoms with Crippen LogP contribution in [0.3, 0.4) is 0 Å². The highest BCUT2D eigenvalue weighted by Gasteiger charge is 2.45. The highest BCUT2D eigenvalue weighted by Crippen LogP contribution is 2.60. The number of hydrogen-bond acceptors (Lipinski definition) is 18. The number of aliphatic hydroxyl groups is 4. The van der Waals surface area contributed by atoms with Crippen LogP contribution in [0.15, 0.2) is 65.7 Å². The SMILES string of the molecule is CCCCC/C=C\C/C=C\C/C=C\CCCCCCC(=O)O[C@@H]1COC(=O)CCCCCC[C@H]2C(=O)C[C@@H](O)[C@H](/C=C/[C@@H](O)CCCCC)[C@H](O)[C@H](O)[C@@H](COP(=O)(O)OP(=O)(O)OC1)O[C@H]2n1ccc(N)nc1=O. The van der Waals surface area contributed by atoms with E-state index in [-0.39, 0.29) is 25.1 Å². The number of cyclic esters (lactones) is 1. The maximum absolute atomic E-state index is 14.3. The third kappa shape index (κ3) is 27.0. The number of phosphoric ester groups is 2. The molecule has 0 radical (unpaired) electrons. The summed E-state index contributed by atoms with van der Waals surface area (Å²) in [4.78, 5) is 78.6. The van der Waals surface area contributed by atoms with Gasteiger partial charge >= 0.3 is 33.3 Å². The number of rotatable bonds is 23. The molecule has 2 fully saturated rings. The molecular formula is C52H85N3O18P2. The third-order valence-corrected chi connectivity index (χ3v) is 15.4. The molecule has 0 spiro atoms. The molecule has 11 atom stereocenters. The number of Topliss-reactive ketones (excluding diaryl/α,β-unsaturated/α-hetero) is 1. The van der Waals surface area contributed by atoms with Crippen molar-refractivity contribution in [3.63, 3.8) is 0 Å². The topological polar surface area (TPSA) is 323 Å². The summed E-state index contributed by atoms with van der Waals surface area (Å²) in [6.07, 6.45) is 18.6. The van der Waals surface area contributed by atoms with Gasteiger partial charge in [-0.05, 0) is 70.3 Å². The van der Waals surface area contributed by atoms with Crippen LogP contribution >= 0.6 is 15.6 Å². The number of fused-ring (bicyclic) bond motifs is 3. The molecule has 3 rings (SSSR count). The van der Waals surface area contributed by atoms with Gasteiger partial charge < -0.3 is 50.2 Å². The fourth-order valence-corrected chi connectivity index (χ4v) is 10.6. The molecule has 0 amide bonds. The van der Waals surface area contributed by atoms with E-state index in [9.17, 15) is 58.5 Å². The van der Waals surface area contributed by atoms with Crippen LogP contribution in [0.5, 0.6) is 0 Å². The summed E-state index contributed by atoms with van der Waals surface area (Å²) in [5.74, 6) is -4.98. The quantitative estimate of drug-likeness (QED) is 0.0237. The van der Waals surface area contributed by atoms with Gasteiger partial charge in [0.05, 0.1) is 37.4 Å². The zero-order chi connectivity index (χ0) is 55.1. The molecule has 0 aliphatic carbocycles. The van der Waals surface area contributed by atoms with E-state index in [0.717, 1.165) is 62.1 Å². The highest BCUT2D eigenvalue weighted by atomic mass is 31.3. The Labute approximate surface area is 441 Å². The number of nitrogens with zero attached hydrogens (tertiary/aromatic N) is 2. The molecule has 0 aromatic carbocycles. The van der Waals surface area contributed by atoms with Gasteiger partial charge in [-0.1, -0.05) is 127 Å². The number of nitrogen functional groups attached to an aromatic ring is 1. The first-order chi connectivity index (χ1) is 35.9. The Balaban J connectivity index is 1.77. The second-order valence-corrected chi connectivity index (χ2v) is 22.2. The van der Waals surface area contributed by atoms with Crippen molar-refractivity contribution in [3.8, 4) is 0 Å². The number of aliphatic hydroxyl groups excluding tert-OH is 4. The monoisotopic (exact) mass is 1100 g/mol.